The molecule has 0 aromatic heterocycles. The number of halogens is 3. The molecule has 0 atom stereocenters. The Hall–Kier alpha value is -1.16. The molecule has 2 rings (SSSR count). The summed E-state index contributed by atoms with van der Waals surface area (Å²) < 4.78 is 6.40. The van der Waals surface area contributed by atoms with Gasteiger partial charge in [-0.3, -0.25) is 0 Å². The predicted molar refractivity (Wildman–Crippen MR) is 93.6 cm³/mol. The maximum Gasteiger partial charge on any atom is 0.124 e. The molecule has 110 valence electrons. The van der Waals surface area contributed by atoms with Crippen molar-refractivity contribution in [1.82, 2.24) is 0 Å². The molecule has 0 fully saturated rings. The molecule has 2 aromatic rings. The van der Waals surface area contributed by atoms with Crippen molar-refractivity contribution in [2.45, 2.75) is 6.54 Å². The lowest BCUT2D eigenvalue weighted by atomic mass is 10.2. The van der Waals surface area contributed by atoms with E-state index in [-0.39, 0.29) is 0 Å². The van der Waals surface area contributed by atoms with Crippen LogP contribution in [0.2, 0.25) is 10.0 Å². The number of nitrogens with one attached hydrogen (secondary N) is 1. The third-order valence-corrected chi connectivity index (χ3v) is 4.60. The normalized spacial score (nSPS) is 10.2. The summed E-state index contributed by atoms with van der Waals surface area (Å²) in [5.74, 6) is 0.823. The Labute approximate surface area is 142 Å². The molecule has 0 heterocycles. The minimum Gasteiger partial charge on any atom is -0.489 e. The second-order valence-corrected chi connectivity index (χ2v) is 5.89. The predicted octanol–water partition coefficient (Wildman–Crippen LogP) is 5.93. The van der Waals surface area contributed by atoms with Crippen molar-refractivity contribution < 1.29 is 4.74 Å². The summed E-state index contributed by atoms with van der Waals surface area (Å²) in [6, 6.07) is 11.6. The molecule has 0 spiro atoms. The Balaban J connectivity index is 2.13. The van der Waals surface area contributed by atoms with E-state index in [1.807, 2.05) is 36.4 Å². The SMILES string of the molecule is C=CCOc1ccccc1CNc1ccc(Br)c(Cl)c1Cl. The van der Waals surface area contributed by atoms with E-state index in [1.54, 1.807) is 6.08 Å². The summed E-state index contributed by atoms with van der Waals surface area (Å²) in [6.45, 7) is 4.71. The number of para-hydroxylation sites is 1. The molecule has 2 nitrogen and oxygen atoms in total. The number of hydrogen-bond donors (Lipinski definition) is 1. The van der Waals surface area contributed by atoms with Gasteiger partial charge in [-0.05, 0) is 34.1 Å². The average molecular weight is 387 g/mol. The van der Waals surface area contributed by atoms with Crippen LogP contribution in [0, 0.1) is 0 Å². The Morgan fingerprint density at radius 2 is 1.90 bits per heavy atom. The molecule has 21 heavy (non-hydrogen) atoms. The van der Waals surface area contributed by atoms with E-state index in [9.17, 15) is 0 Å². The van der Waals surface area contributed by atoms with Crippen molar-refractivity contribution in [1.29, 1.82) is 0 Å². The van der Waals surface area contributed by atoms with Gasteiger partial charge in [-0.1, -0.05) is 54.1 Å². The zero-order chi connectivity index (χ0) is 15.2. The van der Waals surface area contributed by atoms with Crippen LogP contribution < -0.4 is 10.1 Å². The highest BCUT2D eigenvalue weighted by Gasteiger charge is 2.09. The van der Waals surface area contributed by atoms with Gasteiger partial charge in [0.15, 0.2) is 0 Å². The zero-order valence-electron chi connectivity index (χ0n) is 11.2. The number of ether oxygens (including phenoxy) is 1. The lowest BCUT2D eigenvalue weighted by Gasteiger charge is -2.13. The van der Waals surface area contributed by atoms with Gasteiger partial charge in [0, 0.05) is 16.6 Å². The van der Waals surface area contributed by atoms with Crippen LogP contribution in [0.4, 0.5) is 5.69 Å². The maximum absolute atomic E-state index is 6.22. The van der Waals surface area contributed by atoms with Crippen molar-refractivity contribution in [3.05, 3.63) is 69.1 Å². The lowest BCUT2D eigenvalue weighted by molar-refractivity contribution is 0.359. The highest BCUT2D eigenvalue weighted by molar-refractivity contribution is 9.10. The smallest absolute Gasteiger partial charge is 0.124 e. The van der Waals surface area contributed by atoms with Gasteiger partial charge in [0.1, 0.15) is 12.4 Å². The summed E-state index contributed by atoms with van der Waals surface area (Å²) in [7, 11) is 0. The first-order valence-electron chi connectivity index (χ1n) is 6.32. The van der Waals surface area contributed by atoms with E-state index in [4.69, 9.17) is 27.9 Å². The molecule has 0 aliphatic rings. The highest BCUT2D eigenvalue weighted by atomic mass is 79.9. The van der Waals surface area contributed by atoms with Gasteiger partial charge in [-0.15, -0.1) is 0 Å². The number of hydrogen-bond acceptors (Lipinski definition) is 2. The Morgan fingerprint density at radius 1 is 1.14 bits per heavy atom. The van der Waals surface area contributed by atoms with E-state index in [1.165, 1.54) is 0 Å². The minimum atomic E-state index is 0.474. The van der Waals surface area contributed by atoms with Crippen molar-refractivity contribution >= 4 is 44.8 Å². The average Bonchev–Trinajstić information content (AvgIpc) is 2.51. The second kappa shape index (κ2) is 7.74. The largest absolute Gasteiger partial charge is 0.489 e. The van der Waals surface area contributed by atoms with Gasteiger partial charge in [-0.25, -0.2) is 0 Å². The van der Waals surface area contributed by atoms with Gasteiger partial charge in [0.25, 0.3) is 0 Å². The van der Waals surface area contributed by atoms with Crippen LogP contribution >= 0.6 is 39.1 Å². The molecule has 0 amide bonds. The van der Waals surface area contributed by atoms with E-state index < -0.39 is 0 Å². The van der Waals surface area contributed by atoms with Crippen molar-refractivity contribution in [2.75, 3.05) is 11.9 Å². The molecule has 0 aliphatic carbocycles. The van der Waals surface area contributed by atoms with E-state index in [0.29, 0.717) is 23.2 Å². The number of rotatable bonds is 6. The number of anilines is 1. The van der Waals surface area contributed by atoms with Gasteiger partial charge >= 0.3 is 0 Å². The van der Waals surface area contributed by atoms with Crippen molar-refractivity contribution in [3.63, 3.8) is 0 Å². The van der Waals surface area contributed by atoms with E-state index in [2.05, 4.69) is 27.8 Å². The molecule has 0 unspecified atom stereocenters. The standard InChI is InChI=1S/C16H14BrCl2NO/c1-2-9-21-14-6-4-3-5-11(14)10-20-13-8-7-12(17)15(18)16(13)19/h2-8,20H,1,9-10H2. The van der Waals surface area contributed by atoms with Gasteiger partial charge < -0.3 is 10.1 Å². The van der Waals surface area contributed by atoms with Crippen LogP contribution in [-0.4, -0.2) is 6.61 Å². The van der Waals surface area contributed by atoms with Crippen LogP contribution in [-0.2, 0) is 6.54 Å². The summed E-state index contributed by atoms with van der Waals surface area (Å²) >= 11 is 15.7. The Bertz CT molecular complexity index is 646. The fraction of sp³-hybridized carbons (Fsp3) is 0.125. The topological polar surface area (TPSA) is 21.3 Å². The Morgan fingerprint density at radius 3 is 2.67 bits per heavy atom. The zero-order valence-corrected chi connectivity index (χ0v) is 14.3. The Kier molecular flexibility index (Phi) is 5.97. The van der Waals surface area contributed by atoms with E-state index >= 15 is 0 Å². The van der Waals surface area contributed by atoms with Gasteiger partial charge in [0.05, 0.1) is 15.7 Å². The van der Waals surface area contributed by atoms with Crippen LogP contribution in [0.5, 0.6) is 5.75 Å². The molecule has 0 aliphatic heterocycles. The monoisotopic (exact) mass is 385 g/mol. The first-order valence-corrected chi connectivity index (χ1v) is 7.87. The van der Waals surface area contributed by atoms with Gasteiger partial charge in [-0.2, -0.15) is 0 Å². The molecule has 2 aromatic carbocycles. The fourth-order valence-electron chi connectivity index (χ4n) is 1.79. The molecular formula is C16H14BrCl2NO. The van der Waals surface area contributed by atoms with Crippen LogP contribution in [0.25, 0.3) is 0 Å². The molecule has 0 saturated heterocycles. The highest BCUT2D eigenvalue weighted by Crippen LogP contribution is 2.36. The quantitative estimate of drug-likeness (QED) is 0.490. The van der Waals surface area contributed by atoms with Gasteiger partial charge in [0.2, 0.25) is 0 Å². The molecule has 0 saturated carbocycles. The molecule has 5 heteroatoms. The van der Waals surface area contributed by atoms with Crippen LogP contribution in [0.15, 0.2) is 53.5 Å². The van der Waals surface area contributed by atoms with Crippen LogP contribution in [0.1, 0.15) is 5.56 Å². The molecule has 1 N–H and O–H groups in total. The maximum atomic E-state index is 6.22. The third-order valence-electron chi connectivity index (χ3n) is 2.83. The van der Waals surface area contributed by atoms with Crippen molar-refractivity contribution in [3.8, 4) is 5.75 Å². The third kappa shape index (κ3) is 4.16. The molecule has 0 bridgehead atoms. The summed E-state index contributed by atoms with van der Waals surface area (Å²) in [5.41, 5.74) is 1.82. The molecular weight excluding hydrogens is 373 g/mol. The first kappa shape index (κ1) is 16.2. The fourth-order valence-corrected chi connectivity index (χ4v) is 2.63. The lowest BCUT2D eigenvalue weighted by Crippen LogP contribution is -2.04. The van der Waals surface area contributed by atoms with E-state index in [0.717, 1.165) is 21.5 Å². The second-order valence-electron chi connectivity index (χ2n) is 4.28. The molecule has 0 radical (unpaired) electrons. The summed E-state index contributed by atoms with van der Waals surface area (Å²) in [5, 5.41) is 4.26. The minimum absolute atomic E-state index is 0.474. The number of benzene rings is 2. The first-order chi connectivity index (χ1) is 10.1. The van der Waals surface area contributed by atoms with Crippen LogP contribution in [0.3, 0.4) is 0 Å². The summed E-state index contributed by atoms with van der Waals surface area (Å²) in [4.78, 5) is 0. The summed E-state index contributed by atoms with van der Waals surface area (Å²) in [6.07, 6.45) is 1.72. The van der Waals surface area contributed by atoms with Crippen molar-refractivity contribution in [2.24, 2.45) is 0 Å².